The van der Waals surface area contributed by atoms with Gasteiger partial charge in [-0.15, -0.1) is 0 Å². The summed E-state index contributed by atoms with van der Waals surface area (Å²) in [4.78, 5) is 37.9. The van der Waals surface area contributed by atoms with Crippen molar-refractivity contribution in [2.75, 3.05) is 18.1 Å². The smallest absolute Gasteiger partial charge is 0.307 e. The molecular formula is C19H26N4O4. The first-order valence-electron chi connectivity index (χ1n) is 9.02. The molecule has 4 N–H and O–H groups in total. The summed E-state index contributed by atoms with van der Waals surface area (Å²) in [5, 5.41) is 10.2. The molecule has 1 fully saturated rings. The minimum atomic E-state index is -0.382. The van der Waals surface area contributed by atoms with E-state index in [9.17, 15) is 14.4 Å². The van der Waals surface area contributed by atoms with Gasteiger partial charge >= 0.3 is 5.97 Å². The third kappa shape index (κ3) is 5.54. The molecule has 27 heavy (non-hydrogen) atoms. The van der Waals surface area contributed by atoms with Crippen LogP contribution in [0.3, 0.4) is 0 Å². The van der Waals surface area contributed by atoms with Gasteiger partial charge in [0.25, 0.3) is 0 Å². The second-order valence-electron chi connectivity index (χ2n) is 6.62. The van der Waals surface area contributed by atoms with E-state index < -0.39 is 0 Å². The minimum Gasteiger partial charge on any atom is -0.466 e. The van der Waals surface area contributed by atoms with Crippen LogP contribution in [0.25, 0.3) is 0 Å². The number of hydrogen-bond donors (Lipinski definition) is 3. The summed E-state index contributed by atoms with van der Waals surface area (Å²) >= 11 is 0. The van der Waals surface area contributed by atoms with Crippen LogP contribution in [0, 0.1) is 11.3 Å². The number of carbonyl (C=O) groups excluding carboxylic acids is 3. The number of anilines is 1. The molecule has 0 radical (unpaired) electrons. The van der Waals surface area contributed by atoms with Gasteiger partial charge in [-0.25, -0.2) is 0 Å². The predicted octanol–water partition coefficient (Wildman–Crippen LogP) is 1.17. The van der Waals surface area contributed by atoms with Gasteiger partial charge in [-0.2, -0.15) is 0 Å². The van der Waals surface area contributed by atoms with E-state index in [0.29, 0.717) is 25.1 Å². The second-order valence-corrected chi connectivity index (χ2v) is 6.62. The molecule has 0 saturated carbocycles. The molecular weight excluding hydrogens is 348 g/mol. The maximum Gasteiger partial charge on any atom is 0.307 e. The molecule has 2 atom stereocenters. The number of hydrogen-bond acceptors (Lipinski definition) is 5. The molecule has 1 aromatic rings. The fourth-order valence-electron chi connectivity index (χ4n) is 3.08. The highest BCUT2D eigenvalue weighted by Crippen LogP contribution is 2.27. The maximum atomic E-state index is 12.6. The zero-order valence-electron chi connectivity index (χ0n) is 15.7. The number of rotatable bonds is 8. The van der Waals surface area contributed by atoms with E-state index in [0.717, 1.165) is 5.69 Å². The van der Waals surface area contributed by atoms with Gasteiger partial charge < -0.3 is 20.7 Å². The van der Waals surface area contributed by atoms with Gasteiger partial charge in [0.2, 0.25) is 11.8 Å². The van der Waals surface area contributed by atoms with Crippen LogP contribution in [0.2, 0.25) is 0 Å². The highest BCUT2D eigenvalue weighted by atomic mass is 16.5. The molecule has 2 amide bonds. The Hall–Kier alpha value is -2.90. The summed E-state index contributed by atoms with van der Waals surface area (Å²) in [6.45, 7) is 4.30. The minimum absolute atomic E-state index is 0.0271. The van der Waals surface area contributed by atoms with E-state index in [1.54, 1.807) is 43.0 Å². The summed E-state index contributed by atoms with van der Waals surface area (Å²) in [5.74, 6) is -1.12. The standard InChI is InChI=1S/C19H26N4O4/c1-3-27-17(25)10-12(2)22-16(24)11-14-8-9-23(19(14)26)15-6-4-13(5-7-15)18(20)21/h4-7,12,14H,3,8-11H2,1-2H3,(H3,20,21)(H,22,24). The van der Waals surface area contributed by atoms with E-state index in [1.807, 2.05) is 0 Å². The Balaban J connectivity index is 1.88. The van der Waals surface area contributed by atoms with Crippen molar-refractivity contribution in [3.63, 3.8) is 0 Å². The van der Waals surface area contributed by atoms with Crippen LogP contribution in [0.5, 0.6) is 0 Å². The van der Waals surface area contributed by atoms with Crippen LogP contribution >= 0.6 is 0 Å². The van der Waals surface area contributed by atoms with Crippen molar-refractivity contribution in [2.45, 2.75) is 39.2 Å². The Morgan fingerprint density at radius 3 is 2.63 bits per heavy atom. The van der Waals surface area contributed by atoms with Gasteiger partial charge in [0.05, 0.1) is 13.0 Å². The average molecular weight is 374 g/mol. The fourth-order valence-corrected chi connectivity index (χ4v) is 3.08. The zero-order chi connectivity index (χ0) is 20.0. The molecule has 0 aromatic heterocycles. The third-order valence-electron chi connectivity index (χ3n) is 4.42. The highest BCUT2D eigenvalue weighted by molar-refractivity contribution is 6.00. The van der Waals surface area contributed by atoms with Crippen LogP contribution < -0.4 is 16.0 Å². The van der Waals surface area contributed by atoms with E-state index in [-0.39, 0.29) is 48.4 Å². The normalized spacial score (nSPS) is 17.5. The molecule has 8 nitrogen and oxygen atoms in total. The van der Waals surface area contributed by atoms with Gasteiger partial charge in [-0.1, -0.05) is 0 Å². The van der Waals surface area contributed by atoms with Crippen molar-refractivity contribution in [1.29, 1.82) is 5.41 Å². The molecule has 8 heteroatoms. The molecule has 1 saturated heterocycles. The van der Waals surface area contributed by atoms with Gasteiger partial charge in [0.15, 0.2) is 0 Å². The molecule has 0 spiro atoms. The topological polar surface area (TPSA) is 126 Å². The molecule has 1 heterocycles. The Morgan fingerprint density at radius 2 is 2.04 bits per heavy atom. The number of nitrogens with zero attached hydrogens (tertiary/aromatic N) is 1. The molecule has 2 rings (SSSR count). The van der Waals surface area contributed by atoms with Crippen LogP contribution in [-0.2, 0) is 19.1 Å². The quantitative estimate of drug-likeness (QED) is 0.358. The van der Waals surface area contributed by atoms with Crippen LogP contribution in [0.1, 0.15) is 38.7 Å². The molecule has 1 aliphatic heterocycles. The van der Waals surface area contributed by atoms with Gasteiger partial charge in [-0.3, -0.25) is 19.8 Å². The number of amidine groups is 1. The van der Waals surface area contributed by atoms with Crippen LogP contribution in [-0.4, -0.2) is 42.8 Å². The number of nitrogens with two attached hydrogens (primary N) is 1. The lowest BCUT2D eigenvalue weighted by Crippen LogP contribution is -2.37. The van der Waals surface area contributed by atoms with E-state index in [4.69, 9.17) is 15.9 Å². The first-order chi connectivity index (χ1) is 12.8. The molecule has 1 aliphatic rings. The Bertz CT molecular complexity index is 717. The zero-order valence-corrected chi connectivity index (χ0v) is 15.7. The van der Waals surface area contributed by atoms with Crippen molar-refractivity contribution in [3.8, 4) is 0 Å². The SMILES string of the molecule is CCOC(=O)CC(C)NC(=O)CC1CCN(c2ccc(C(=N)N)cc2)C1=O. The van der Waals surface area contributed by atoms with Gasteiger partial charge in [-0.05, 0) is 44.5 Å². The number of ether oxygens (including phenoxy) is 1. The first kappa shape index (κ1) is 20.4. The summed E-state index contributed by atoms with van der Waals surface area (Å²) in [6.07, 6.45) is 0.786. The van der Waals surface area contributed by atoms with Crippen molar-refractivity contribution < 1.29 is 19.1 Å². The Morgan fingerprint density at radius 1 is 1.37 bits per heavy atom. The lowest BCUT2D eigenvalue weighted by Gasteiger charge is -2.18. The van der Waals surface area contributed by atoms with E-state index in [2.05, 4.69) is 5.32 Å². The number of esters is 1. The van der Waals surface area contributed by atoms with Crippen molar-refractivity contribution in [2.24, 2.45) is 11.7 Å². The molecule has 0 aliphatic carbocycles. The lowest BCUT2D eigenvalue weighted by atomic mass is 10.0. The molecule has 1 aromatic carbocycles. The third-order valence-corrected chi connectivity index (χ3v) is 4.42. The summed E-state index contributed by atoms with van der Waals surface area (Å²) in [5.41, 5.74) is 6.76. The monoisotopic (exact) mass is 374 g/mol. The number of amides is 2. The summed E-state index contributed by atoms with van der Waals surface area (Å²) < 4.78 is 4.86. The van der Waals surface area contributed by atoms with Gasteiger partial charge in [0, 0.05) is 36.2 Å². The van der Waals surface area contributed by atoms with E-state index in [1.165, 1.54) is 0 Å². The number of carbonyl (C=O) groups is 3. The van der Waals surface area contributed by atoms with Gasteiger partial charge in [0.1, 0.15) is 5.84 Å². The average Bonchev–Trinajstić information content (AvgIpc) is 2.95. The van der Waals surface area contributed by atoms with E-state index >= 15 is 0 Å². The summed E-state index contributed by atoms with van der Waals surface area (Å²) in [7, 11) is 0. The number of nitrogen functional groups attached to an aromatic ring is 1. The van der Waals surface area contributed by atoms with Crippen molar-refractivity contribution >= 4 is 29.3 Å². The molecule has 146 valence electrons. The summed E-state index contributed by atoms with van der Waals surface area (Å²) in [6, 6.07) is 6.55. The lowest BCUT2D eigenvalue weighted by molar-refractivity contribution is -0.143. The largest absolute Gasteiger partial charge is 0.466 e. The Kier molecular flexibility index (Phi) is 6.92. The number of benzene rings is 1. The molecule has 0 bridgehead atoms. The fraction of sp³-hybridized carbons (Fsp3) is 0.474. The predicted molar refractivity (Wildman–Crippen MR) is 101 cm³/mol. The highest BCUT2D eigenvalue weighted by Gasteiger charge is 2.34. The van der Waals surface area contributed by atoms with Crippen molar-refractivity contribution in [1.82, 2.24) is 5.32 Å². The van der Waals surface area contributed by atoms with Crippen molar-refractivity contribution in [3.05, 3.63) is 29.8 Å². The number of nitrogens with one attached hydrogen (secondary N) is 2. The molecule has 2 unspecified atom stereocenters. The maximum absolute atomic E-state index is 12.6. The Labute approximate surface area is 158 Å². The first-order valence-corrected chi connectivity index (χ1v) is 9.02. The van der Waals surface area contributed by atoms with Crippen LogP contribution in [0.4, 0.5) is 5.69 Å². The van der Waals surface area contributed by atoms with Crippen LogP contribution in [0.15, 0.2) is 24.3 Å². The second kappa shape index (κ2) is 9.16.